The van der Waals surface area contributed by atoms with E-state index in [-0.39, 0.29) is 18.1 Å². The van der Waals surface area contributed by atoms with Gasteiger partial charge in [-0.25, -0.2) is 0 Å². The summed E-state index contributed by atoms with van der Waals surface area (Å²) in [5.41, 5.74) is -0.0359. The molecule has 2 fully saturated rings. The number of rotatable bonds is 6. The third-order valence-electron chi connectivity index (χ3n) is 5.54. The van der Waals surface area contributed by atoms with Crippen LogP contribution in [0.2, 0.25) is 0 Å². The molecule has 5 nitrogen and oxygen atoms in total. The van der Waals surface area contributed by atoms with Gasteiger partial charge in [-0.05, 0) is 18.4 Å². The highest BCUT2D eigenvalue weighted by molar-refractivity contribution is 5.30. The molecule has 0 radical (unpaired) electrons. The summed E-state index contributed by atoms with van der Waals surface area (Å²) in [6, 6.07) is 10.4. The molecule has 3 rings (SSSR count). The molecule has 0 spiro atoms. The van der Waals surface area contributed by atoms with Gasteiger partial charge in [-0.1, -0.05) is 30.3 Å². The minimum absolute atomic E-state index is 0.138. The minimum atomic E-state index is -1.04. The van der Waals surface area contributed by atoms with Gasteiger partial charge in [0.15, 0.2) is 0 Å². The van der Waals surface area contributed by atoms with E-state index in [4.69, 9.17) is 4.74 Å². The van der Waals surface area contributed by atoms with Crippen molar-refractivity contribution in [1.29, 1.82) is 0 Å². The Bertz CT molecular complexity index is 495. The predicted molar refractivity (Wildman–Crippen MR) is 87.2 cm³/mol. The zero-order valence-electron chi connectivity index (χ0n) is 13.4. The van der Waals surface area contributed by atoms with Crippen LogP contribution in [0.4, 0.5) is 0 Å². The molecule has 1 heterocycles. The van der Waals surface area contributed by atoms with Crippen molar-refractivity contribution < 1.29 is 20.1 Å². The summed E-state index contributed by atoms with van der Waals surface area (Å²) in [5, 5.41) is 33.9. The molecule has 1 saturated heterocycles. The Kier molecular flexibility index (Phi) is 5.04. The smallest absolute Gasteiger partial charge is 0.0961 e. The molecule has 1 saturated carbocycles. The normalized spacial score (nSPS) is 31.3. The van der Waals surface area contributed by atoms with Crippen LogP contribution >= 0.6 is 0 Å². The molecule has 1 unspecified atom stereocenters. The van der Waals surface area contributed by atoms with E-state index in [0.29, 0.717) is 32.6 Å². The quantitative estimate of drug-likeness (QED) is 0.616. The van der Waals surface area contributed by atoms with Crippen LogP contribution in [0, 0.1) is 0 Å². The third kappa shape index (κ3) is 3.44. The van der Waals surface area contributed by atoms with Gasteiger partial charge >= 0.3 is 0 Å². The Balaban J connectivity index is 1.50. The Hall–Kier alpha value is -0.980. The lowest BCUT2D eigenvalue weighted by Gasteiger charge is -2.48. The average molecular weight is 321 g/mol. The van der Waals surface area contributed by atoms with Crippen LogP contribution in [0.3, 0.4) is 0 Å². The maximum atomic E-state index is 10.5. The molecule has 1 atom stereocenters. The van der Waals surface area contributed by atoms with Crippen LogP contribution < -0.4 is 5.32 Å². The molecule has 1 aromatic rings. The Morgan fingerprint density at radius 2 is 1.83 bits per heavy atom. The molecule has 0 bridgehead atoms. The van der Waals surface area contributed by atoms with E-state index in [2.05, 4.69) is 17.4 Å². The lowest BCUT2D eigenvalue weighted by molar-refractivity contribution is -0.131. The van der Waals surface area contributed by atoms with Crippen LogP contribution in [0.25, 0.3) is 0 Å². The fourth-order valence-electron chi connectivity index (χ4n) is 3.80. The van der Waals surface area contributed by atoms with E-state index in [0.717, 1.165) is 12.8 Å². The number of benzene rings is 1. The van der Waals surface area contributed by atoms with Crippen molar-refractivity contribution >= 4 is 0 Å². The van der Waals surface area contributed by atoms with Crippen molar-refractivity contribution in [2.24, 2.45) is 0 Å². The number of aliphatic hydroxyl groups is 3. The molecule has 1 aromatic carbocycles. The van der Waals surface area contributed by atoms with Crippen LogP contribution in [0.1, 0.15) is 31.2 Å². The van der Waals surface area contributed by atoms with Gasteiger partial charge in [0.05, 0.1) is 18.3 Å². The maximum absolute atomic E-state index is 10.5. The van der Waals surface area contributed by atoms with E-state index in [1.54, 1.807) is 0 Å². The predicted octanol–water partition coefficient (Wildman–Crippen LogP) is 0.571. The van der Waals surface area contributed by atoms with Crippen LogP contribution in [-0.4, -0.2) is 59.4 Å². The van der Waals surface area contributed by atoms with Gasteiger partial charge < -0.3 is 25.4 Å². The third-order valence-corrected chi connectivity index (χ3v) is 5.54. The second kappa shape index (κ2) is 6.87. The Labute approximate surface area is 137 Å². The van der Waals surface area contributed by atoms with Crippen molar-refractivity contribution in [3.63, 3.8) is 0 Å². The lowest BCUT2D eigenvalue weighted by atomic mass is 9.62. The fourth-order valence-corrected chi connectivity index (χ4v) is 3.80. The van der Waals surface area contributed by atoms with Gasteiger partial charge in [-0.15, -0.1) is 0 Å². The molecule has 128 valence electrons. The van der Waals surface area contributed by atoms with Crippen molar-refractivity contribution in [3.8, 4) is 0 Å². The molecule has 1 aliphatic heterocycles. The Morgan fingerprint density at radius 3 is 2.43 bits per heavy atom. The van der Waals surface area contributed by atoms with Gasteiger partial charge in [-0.2, -0.15) is 0 Å². The average Bonchev–Trinajstić information content (AvgIpc) is 2.55. The summed E-state index contributed by atoms with van der Waals surface area (Å²) in [6.07, 6.45) is 1.87. The van der Waals surface area contributed by atoms with E-state index in [9.17, 15) is 15.3 Å². The summed E-state index contributed by atoms with van der Waals surface area (Å²) < 4.78 is 5.24. The zero-order valence-corrected chi connectivity index (χ0v) is 13.4. The maximum Gasteiger partial charge on any atom is 0.0961 e. The first-order valence-corrected chi connectivity index (χ1v) is 8.46. The van der Waals surface area contributed by atoms with Gasteiger partial charge in [0, 0.05) is 44.1 Å². The van der Waals surface area contributed by atoms with E-state index in [1.807, 2.05) is 18.2 Å². The SMILES string of the molecule is OCC1(c2ccccc2)CC(NCC(O)C2(O)CCOCC2)C1. The zero-order chi connectivity index (χ0) is 16.3. The highest BCUT2D eigenvalue weighted by Gasteiger charge is 2.45. The van der Waals surface area contributed by atoms with Gasteiger partial charge in [0.25, 0.3) is 0 Å². The fraction of sp³-hybridized carbons (Fsp3) is 0.667. The molecule has 5 heteroatoms. The monoisotopic (exact) mass is 321 g/mol. The van der Waals surface area contributed by atoms with Crippen molar-refractivity contribution in [2.45, 2.75) is 48.8 Å². The standard InChI is InChI=1S/C18H27NO4/c20-13-17(14-4-2-1-3-5-14)10-15(11-17)19-12-16(21)18(22)6-8-23-9-7-18/h1-5,15-16,19-22H,6-13H2. The first-order chi connectivity index (χ1) is 11.1. The van der Waals surface area contributed by atoms with E-state index in [1.165, 1.54) is 5.56 Å². The first-order valence-electron chi connectivity index (χ1n) is 8.46. The highest BCUT2D eigenvalue weighted by atomic mass is 16.5. The molecule has 1 aliphatic carbocycles. The van der Waals surface area contributed by atoms with Crippen molar-refractivity contribution in [3.05, 3.63) is 35.9 Å². The first kappa shape index (κ1) is 16.9. The summed E-state index contributed by atoms with van der Waals surface area (Å²) >= 11 is 0. The lowest BCUT2D eigenvalue weighted by Crippen LogP contribution is -2.57. The summed E-state index contributed by atoms with van der Waals surface area (Å²) in [4.78, 5) is 0. The summed E-state index contributed by atoms with van der Waals surface area (Å²) in [5.74, 6) is 0. The number of hydrogen-bond donors (Lipinski definition) is 4. The number of nitrogens with one attached hydrogen (secondary N) is 1. The Morgan fingerprint density at radius 1 is 1.17 bits per heavy atom. The van der Waals surface area contributed by atoms with Crippen LogP contribution in [0.15, 0.2) is 30.3 Å². The number of hydrogen-bond acceptors (Lipinski definition) is 5. The minimum Gasteiger partial charge on any atom is -0.395 e. The van der Waals surface area contributed by atoms with Crippen molar-refractivity contribution in [1.82, 2.24) is 5.32 Å². The second-order valence-corrected chi connectivity index (χ2v) is 7.05. The summed E-state index contributed by atoms with van der Waals surface area (Å²) in [7, 11) is 0. The summed E-state index contributed by atoms with van der Waals surface area (Å²) in [6.45, 7) is 1.51. The number of aliphatic hydroxyl groups excluding tert-OH is 2. The molecule has 0 amide bonds. The van der Waals surface area contributed by atoms with Crippen LogP contribution in [-0.2, 0) is 10.2 Å². The topological polar surface area (TPSA) is 82.0 Å². The second-order valence-electron chi connectivity index (χ2n) is 7.05. The van der Waals surface area contributed by atoms with Crippen LogP contribution in [0.5, 0.6) is 0 Å². The van der Waals surface area contributed by atoms with Crippen molar-refractivity contribution in [2.75, 3.05) is 26.4 Å². The molecular weight excluding hydrogens is 294 g/mol. The molecule has 23 heavy (non-hydrogen) atoms. The van der Waals surface area contributed by atoms with E-state index >= 15 is 0 Å². The molecule has 4 N–H and O–H groups in total. The van der Waals surface area contributed by atoms with Gasteiger partial charge in [0.1, 0.15) is 0 Å². The molecular formula is C18H27NO4. The molecule has 2 aliphatic rings. The van der Waals surface area contributed by atoms with Gasteiger partial charge in [0.2, 0.25) is 0 Å². The van der Waals surface area contributed by atoms with E-state index < -0.39 is 11.7 Å². The molecule has 0 aromatic heterocycles. The van der Waals surface area contributed by atoms with Gasteiger partial charge in [-0.3, -0.25) is 0 Å². The largest absolute Gasteiger partial charge is 0.395 e. The number of ether oxygens (including phenoxy) is 1. The highest BCUT2D eigenvalue weighted by Crippen LogP contribution is 2.43.